The highest BCUT2D eigenvalue weighted by Crippen LogP contribution is 2.54. The van der Waals surface area contributed by atoms with E-state index in [0.717, 1.165) is 18.2 Å². The highest BCUT2D eigenvalue weighted by molar-refractivity contribution is 7.92. The highest BCUT2D eigenvalue weighted by Gasteiger charge is 2.73. The maximum atomic E-state index is 14.5. The van der Waals surface area contributed by atoms with E-state index in [1.54, 1.807) is 0 Å². The monoisotopic (exact) mass is 730 g/mol. The van der Waals surface area contributed by atoms with Gasteiger partial charge in [-0.3, -0.25) is 0 Å². The molecule has 3 aromatic carbocycles. The lowest BCUT2D eigenvalue weighted by molar-refractivity contribution is -0.392. The topological polar surface area (TPSA) is 117 Å². The molecule has 3 aromatic rings. The summed E-state index contributed by atoms with van der Waals surface area (Å²) in [6.45, 7) is -1.92. The number of nitriles is 1. The van der Waals surface area contributed by atoms with Gasteiger partial charge in [-0.1, -0.05) is 30.3 Å². The first-order chi connectivity index (χ1) is 23.4. The Kier molecular flexibility index (Phi) is 9.85. The smallest absolute Gasteiger partial charge is 0.399 e. The van der Waals surface area contributed by atoms with E-state index in [9.17, 15) is 53.6 Å². The first-order valence-electron chi connectivity index (χ1n) is 15.2. The van der Waals surface area contributed by atoms with Gasteiger partial charge in [0.2, 0.25) is 0 Å². The fraction of sp³-hybridized carbons (Fsp3) is 0.394. The Labute approximate surface area is 281 Å². The van der Waals surface area contributed by atoms with Crippen LogP contribution in [0.1, 0.15) is 36.0 Å². The molecule has 50 heavy (non-hydrogen) atoms. The number of halogens is 8. The molecular formula is C33H30F8N4O4S. The molecule has 2 fully saturated rings. The van der Waals surface area contributed by atoms with E-state index in [-0.39, 0.29) is 48.1 Å². The van der Waals surface area contributed by atoms with Crippen molar-refractivity contribution in [1.29, 1.82) is 5.26 Å². The standard InChI is InChI=1S/C33H30F8N4O4S/c34-27-2-1-3-28(35)26(27)19-49-31(32(36,37)38,33(39,40)41)23-6-4-22(5-7-23)30(50(47,48)25-10-8-24(43)9-11-25)14-17-45(20-30)29(46)44-15-12-21(18-42)13-16-44/h1-11,21H,12-17,19-20,43H2. The van der Waals surface area contributed by atoms with Crippen LogP contribution in [0, 0.1) is 28.9 Å². The number of piperidine rings is 1. The molecule has 8 nitrogen and oxygen atoms in total. The van der Waals surface area contributed by atoms with E-state index in [0.29, 0.717) is 37.1 Å². The number of carbonyl (C=O) groups is 1. The van der Waals surface area contributed by atoms with Gasteiger partial charge in [0.1, 0.15) is 16.4 Å². The van der Waals surface area contributed by atoms with Gasteiger partial charge in [0.25, 0.3) is 5.60 Å². The molecule has 2 aliphatic rings. The summed E-state index contributed by atoms with van der Waals surface area (Å²) in [5, 5.41) is 9.20. The summed E-state index contributed by atoms with van der Waals surface area (Å²) in [6.07, 6.45) is -11.9. The number of benzene rings is 3. The molecule has 0 saturated carbocycles. The Morgan fingerprint density at radius 2 is 1.44 bits per heavy atom. The molecule has 2 N–H and O–H groups in total. The molecule has 17 heteroatoms. The van der Waals surface area contributed by atoms with Gasteiger partial charge in [0.05, 0.1) is 17.6 Å². The summed E-state index contributed by atoms with van der Waals surface area (Å²) >= 11 is 0. The minimum atomic E-state index is -6.21. The van der Waals surface area contributed by atoms with E-state index in [2.05, 4.69) is 10.8 Å². The number of sulfone groups is 1. The molecule has 0 spiro atoms. The van der Waals surface area contributed by atoms with Crippen molar-refractivity contribution < 1.29 is 53.1 Å². The molecule has 2 amide bonds. The zero-order valence-corrected chi connectivity index (χ0v) is 26.9. The van der Waals surface area contributed by atoms with Crippen molar-refractivity contribution in [2.24, 2.45) is 5.92 Å². The summed E-state index contributed by atoms with van der Waals surface area (Å²) in [5.74, 6) is -3.11. The van der Waals surface area contributed by atoms with Crippen molar-refractivity contribution in [2.75, 3.05) is 31.9 Å². The number of nitrogens with zero attached hydrogens (tertiary/aromatic N) is 3. The lowest BCUT2D eigenvalue weighted by atomic mass is 9.88. The van der Waals surface area contributed by atoms with Crippen LogP contribution in [0.2, 0.25) is 0 Å². The summed E-state index contributed by atoms with van der Waals surface area (Å²) in [6, 6.07) is 11.2. The Balaban J connectivity index is 1.57. The van der Waals surface area contributed by atoms with Gasteiger partial charge in [-0.15, -0.1) is 0 Å². The van der Waals surface area contributed by atoms with E-state index in [4.69, 9.17) is 5.73 Å². The second-order valence-electron chi connectivity index (χ2n) is 12.2. The van der Waals surface area contributed by atoms with Crippen LogP contribution in [0.3, 0.4) is 0 Å². The van der Waals surface area contributed by atoms with Crippen LogP contribution in [0.4, 0.5) is 45.6 Å². The molecule has 0 aliphatic carbocycles. The normalized spacial score (nSPS) is 19.4. The van der Waals surface area contributed by atoms with Crippen LogP contribution in [0.15, 0.2) is 71.6 Å². The van der Waals surface area contributed by atoms with Crippen molar-refractivity contribution >= 4 is 21.6 Å². The third-order valence-corrected chi connectivity index (χ3v) is 11.8. The number of alkyl halides is 6. The molecule has 0 bridgehead atoms. The molecule has 2 heterocycles. The third-order valence-electron chi connectivity index (χ3n) is 9.27. The number of urea groups is 1. The summed E-state index contributed by atoms with van der Waals surface area (Å²) in [4.78, 5) is 16.0. The van der Waals surface area contributed by atoms with Gasteiger partial charge in [0, 0.05) is 48.9 Å². The molecule has 1 unspecified atom stereocenters. The molecular weight excluding hydrogens is 700 g/mol. The number of hydrogen-bond acceptors (Lipinski definition) is 6. The summed E-state index contributed by atoms with van der Waals surface area (Å²) in [5.41, 5.74) is -2.03. The fourth-order valence-corrected chi connectivity index (χ4v) is 8.50. The predicted molar refractivity (Wildman–Crippen MR) is 163 cm³/mol. The number of rotatable bonds is 7. The van der Waals surface area contributed by atoms with Gasteiger partial charge in [-0.05, 0) is 61.2 Å². The van der Waals surface area contributed by atoms with Gasteiger partial charge >= 0.3 is 18.4 Å². The molecule has 0 radical (unpaired) electrons. The maximum absolute atomic E-state index is 14.5. The van der Waals surface area contributed by atoms with Crippen LogP contribution in [-0.4, -0.2) is 62.8 Å². The Morgan fingerprint density at radius 3 is 1.96 bits per heavy atom. The first kappa shape index (κ1) is 36.8. The van der Waals surface area contributed by atoms with Gasteiger partial charge < -0.3 is 20.3 Å². The molecule has 0 aromatic heterocycles. The quantitative estimate of drug-likeness (QED) is 0.211. The zero-order chi connectivity index (χ0) is 36.7. The van der Waals surface area contributed by atoms with Gasteiger partial charge in [-0.2, -0.15) is 31.6 Å². The Bertz CT molecular complexity index is 1840. The van der Waals surface area contributed by atoms with E-state index in [1.165, 1.54) is 34.1 Å². The summed E-state index contributed by atoms with van der Waals surface area (Å²) < 4.78 is 147. The highest BCUT2D eigenvalue weighted by atomic mass is 32.2. The lowest BCUT2D eigenvalue weighted by Crippen LogP contribution is -2.56. The van der Waals surface area contributed by atoms with Crippen LogP contribution in [-0.2, 0) is 31.5 Å². The third kappa shape index (κ3) is 6.34. The second-order valence-corrected chi connectivity index (χ2v) is 14.4. The van der Waals surface area contributed by atoms with Crippen molar-refractivity contribution in [1.82, 2.24) is 9.80 Å². The molecule has 2 saturated heterocycles. The number of anilines is 1. The Hall–Kier alpha value is -4.43. The van der Waals surface area contributed by atoms with Crippen molar-refractivity contribution in [3.63, 3.8) is 0 Å². The average molecular weight is 731 g/mol. The van der Waals surface area contributed by atoms with Crippen LogP contribution >= 0.6 is 0 Å². The van der Waals surface area contributed by atoms with Gasteiger partial charge in [0.15, 0.2) is 9.84 Å². The average Bonchev–Trinajstić information content (AvgIpc) is 3.53. The largest absolute Gasteiger partial charge is 0.430 e. The zero-order valence-electron chi connectivity index (χ0n) is 26.1. The van der Waals surface area contributed by atoms with Crippen molar-refractivity contribution in [3.8, 4) is 6.07 Å². The number of likely N-dealkylation sites (tertiary alicyclic amines) is 2. The van der Waals surface area contributed by atoms with Crippen molar-refractivity contribution in [3.05, 3.63) is 95.1 Å². The predicted octanol–water partition coefficient (Wildman–Crippen LogP) is 6.81. The number of hydrogen-bond donors (Lipinski definition) is 1. The Morgan fingerprint density at radius 1 is 0.880 bits per heavy atom. The minimum Gasteiger partial charge on any atom is -0.399 e. The van der Waals surface area contributed by atoms with E-state index >= 15 is 0 Å². The van der Waals surface area contributed by atoms with E-state index in [1.807, 2.05) is 0 Å². The van der Waals surface area contributed by atoms with Crippen LogP contribution in [0.5, 0.6) is 0 Å². The SMILES string of the molecule is N#CC1CCN(C(=O)N2CCC(c3ccc(C(OCc4c(F)cccc4F)(C(F)(F)F)C(F)(F)F)cc3)(S(=O)(=O)c3ccc(N)cc3)C2)CC1. The second kappa shape index (κ2) is 13.4. The molecule has 5 rings (SSSR count). The lowest BCUT2D eigenvalue weighted by Gasteiger charge is -2.38. The van der Waals surface area contributed by atoms with Crippen LogP contribution < -0.4 is 5.73 Å². The minimum absolute atomic E-state index is 0.126. The molecule has 268 valence electrons. The number of carbonyl (C=O) groups excluding carboxylic acids is 1. The molecule has 1 atom stereocenters. The summed E-state index contributed by atoms with van der Waals surface area (Å²) in [7, 11) is -4.51. The number of amides is 2. The van der Waals surface area contributed by atoms with E-state index < -0.39 is 74.5 Å². The number of nitrogen functional groups attached to an aromatic ring is 1. The maximum Gasteiger partial charge on any atom is 0.430 e. The molecule has 2 aliphatic heterocycles. The number of ether oxygens (including phenoxy) is 1. The fourth-order valence-electron chi connectivity index (χ4n) is 6.42. The number of nitrogens with two attached hydrogens (primary N) is 1. The van der Waals surface area contributed by atoms with Crippen LogP contribution in [0.25, 0.3) is 0 Å². The van der Waals surface area contributed by atoms with Gasteiger partial charge in [-0.25, -0.2) is 22.0 Å². The van der Waals surface area contributed by atoms with Crippen molar-refractivity contribution in [2.45, 2.75) is 53.5 Å². The first-order valence-corrected chi connectivity index (χ1v) is 16.7.